The summed E-state index contributed by atoms with van der Waals surface area (Å²) in [5, 5.41) is 3.74. The first-order valence-electron chi connectivity index (χ1n) is 11.0. The molecule has 0 radical (unpaired) electrons. The van der Waals surface area contributed by atoms with Gasteiger partial charge in [0.1, 0.15) is 29.8 Å². The van der Waals surface area contributed by atoms with E-state index >= 15 is 0 Å². The van der Waals surface area contributed by atoms with Crippen LogP contribution < -0.4 is 26.2 Å². The number of aliphatic imine (C=N–C) groups is 1. The molecular formula is C26H25F3N6O. The van der Waals surface area contributed by atoms with Crippen LogP contribution in [0.5, 0.6) is 11.5 Å². The van der Waals surface area contributed by atoms with Crippen molar-refractivity contribution in [2.75, 3.05) is 31.0 Å². The largest absolute Gasteiger partial charge is 0.457 e. The zero-order chi connectivity index (χ0) is 25.7. The normalized spacial score (nSPS) is 11.9. The molecule has 0 aliphatic rings. The van der Waals surface area contributed by atoms with Crippen molar-refractivity contribution >= 4 is 28.2 Å². The molecule has 0 spiro atoms. The van der Waals surface area contributed by atoms with Gasteiger partial charge in [-0.1, -0.05) is 18.2 Å². The minimum absolute atomic E-state index is 0.0232. The lowest BCUT2D eigenvalue weighted by Crippen LogP contribution is -2.31. The van der Waals surface area contributed by atoms with Gasteiger partial charge in [-0.2, -0.15) is 13.2 Å². The van der Waals surface area contributed by atoms with Gasteiger partial charge >= 0.3 is 6.18 Å². The van der Waals surface area contributed by atoms with E-state index in [9.17, 15) is 13.2 Å². The Bertz CT molecular complexity index is 1370. The van der Waals surface area contributed by atoms with Crippen LogP contribution in [0.4, 0.5) is 24.7 Å². The van der Waals surface area contributed by atoms with Crippen molar-refractivity contribution in [3.8, 4) is 11.5 Å². The van der Waals surface area contributed by atoms with E-state index in [1.165, 1.54) is 12.1 Å². The van der Waals surface area contributed by atoms with Crippen molar-refractivity contribution in [3.05, 3.63) is 90.0 Å². The molecular weight excluding hydrogens is 469 g/mol. The van der Waals surface area contributed by atoms with Crippen LogP contribution in [0.25, 0.3) is 10.9 Å². The molecule has 4 aromatic rings. The molecule has 1 heterocycles. The molecule has 0 atom stereocenters. The number of fused-ring (bicyclic) bond motifs is 1. The number of alkyl halides is 3. The molecule has 10 heteroatoms. The van der Waals surface area contributed by atoms with Crippen LogP contribution in [0.1, 0.15) is 11.1 Å². The topological polar surface area (TPSA) is 87.8 Å². The Morgan fingerprint density at radius 1 is 1.00 bits per heavy atom. The van der Waals surface area contributed by atoms with Gasteiger partial charge in [-0.15, -0.1) is 0 Å². The maximum absolute atomic E-state index is 12.9. The summed E-state index contributed by atoms with van der Waals surface area (Å²) in [4.78, 5) is 10.9. The lowest BCUT2D eigenvalue weighted by atomic mass is 10.2. The highest BCUT2D eigenvalue weighted by Crippen LogP contribution is 2.33. The number of rotatable bonds is 7. The molecule has 3 aromatic carbocycles. The number of anilines is 2. The van der Waals surface area contributed by atoms with Gasteiger partial charge in [0.25, 0.3) is 0 Å². The molecule has 0 amide bonds. The number of nitrogens with two attached hydrogens (primary N) is 1. The molecule has 0 bridgehead atoms. The predicted molar refractivity (Wildman–Crippen MR) is 136 cm³/mol. The summed E-state index contributed by atoms with van der Waals surface area (Å²) in [6.07, 6.45) is -4.41. The number of nitrogens with zero attached hydrogens (tertiary/aromatic N) is 3. The van der Waals surface area contributed by atoms with Crippen molar-refractivity contribution in [1.82, 2.24) is 10.4 Å². The van der Waals surface area contributed by atoms with Gasteiger partial charge in [-0.3, -0.25) is 0 Å². The number of benzene rings is 3. The summed E-state index contributed by atoms with van der Waals surface area (Å²) in [5.41, 5.74) is 3.61. The summed E-state index contributed by atoms with van der Waals surface area (Å²) in [6.45, 7) is 0.0232. The van der Waals surface area contributed by atoms with Crippen LogP contribution in [-0.4, -0.2) is 31.6 Å². The first-order valence-corrected chi connectivity index (χ1v) is 11.0. The van der Waals surface area contributed by atoms with Gasteiger partial charge in [0.05, 0.1) is 11.1 Å². The van der Waals surface area contributed by atoms with Gasteiger partial charge < -0.3 is 20.4 Å². The Morgan fingerprint density at radius 2 is 1.75 bits per heavy atom. The average Bonchev–Trinajstić information content (AvgIpc) is 2.87. The first kappa shape index (κ1) is 24.8. The van der Waals surface area contributed by atoms with Gasteiger partial charge in [-0.05, 0) is 54.6 Å². The van der Waals surface area contributed by atoms with Crippen LogP contribution in [0, 0.1) is 0 Å². The molecule has 0 unspecified atom stereocenters. The Labute approximate surface area is 206 Å². The van der Waals surface area contributed by atoms with E-state index in [2.05, 4.69) is 20.7 Å². The minimum atomic E-state index is -4.41. The number of amidine groups is 1. The quantitative estimate of drug-likeness (QED) is 0.138. The van der Waals surface area contributed by atoms with E-state index in [-0.39, 0.29) is 6.67 Å². The zero-order valence-electron chi connectivity index (χ0n) is 19.7. The molecule has 36 heavy (non-hydrogen) atoms. The summed E-state index contributed by atoms with van der Waals surface area (Å²) in [7, 11) is 3.83. The second kappa shape index (κ2) is 10.5. The molecule has 4 rings (SSSR count). The number of hydrogen-bond acceptors (Lipinski definition) is 6. The predicted octanol–water partition coefficient (Wildman–Crippen LogP) is 5.39. The van der Waals surface area contributed by atoms with Crippen molar-refractivity contribution in [3.63, 3.8) is 0 Å². The lowest BCUT2D eigenvalue weighted by molar-refractivity contribution is -0.137. The molecule has 0 aliphatic heterocycles. The highest BCUT2D eigenvalue weighted by molar-refractivity contribution is 5.98. The molecule has 0 fully saturated rings. The second-order valence-corrected chi connectivity index (χ2v) is 8.08. The number of para-hydroxylation sites is 1. The molecule has 0 aliphatic carbocycles. The fourth-order valence-electron chi connectivity index (χ4n) is 3.49. The Balaban J connectivity index is 1.48. The highest BCUT2D eigenvalue weighted by atomic mass is 19.4. The van der Waals surface area contributed by atoms with Crippen molar-refractivity contribution in [2.45, 2.75) is 6.18 Å². The summed E-state index contributed by atoms with van der Waals surface area (Å²) in [6, 6.07) is 21.7. The molecule has 4 N–H and O–H groups in total. The summed E-state index contributed by atoms with van der Waals surface area (Å²) >= 11 is 0. The molecule has 7 nitrogen and oxygen atoms in total. The summed E-state index contributed by atoms with van der Waals surface area (Å²) in [5.74, 6) is 8.06. The standard InChI is InChI=1S/C26H25F3N6O/c1-35(2)24-15-23(21-8-3-4-9-22(21)33-24)36-20-12-10-17(11-13-20)25(34-30)32-16-31-19-7-5-6-18(14-19)26(27,28)29/h3-15,31H,16,30H2,1-2H3,(H,32,34). The number of hydrogen-bond donors (Lipinski definition) is 3. The Morgan fingerprint density at radius 3 is 2.44 bits per heavy atom. The monoisotopic (exact) mass is 494 g/mol. The highest BCUT2D eigenvalue weighted by Gasteiger charge is 2.30. The zero-order valence-corrected chi connectivity index (χ0v) is 19.7. The Kier molecular flexibility index (Phi) is 7.25. The number of halogens is 3. The third kappa shape index (κ3) is 5.84. The first-order chi connectivity index (χ1) is 17.2. The number of nitrogens with one attached hydrogen (secondary N) is 2. The Hall–Kier alpha value is -4.31. The van der Waals surface area contributed by atoms with Crippen LogP contribution in [0.2, 0.25) is 0 Å². The van der Waals surface area contributed by atoms with Gasteiger partial charge in [0.2, 0.25) is 0 Å². The van der Waals surface area contributed by atoms with E-state index in [1.807, 2.05) is 49.3 Å². The van der Waals surface area contributed by atoms with E-state index < -0.39 is 11.7 Å². The fraction of sp³-hybridized carbons (Fsp3) is 0.154. The van der Waals surface area contributed by atoms with Crippen LogP contribution in [0.15, 0.2) is 83.9 Å². The smallest absolute Gasteiger partial charge is 0.416 e. The molecule has 1 aromatic heterocycles. The maximum atomic E-state index is 12.9. The van der Waals surface area contributed by atoms with E-state index in [1.54, 1.807) is 24.3 Å². The van der Waals surface area contributed by atoms with Crippen molar-refractivity contribution in [2.24, 2.45) is 10.8 Å². The third-order valence-corrected chi connectivity index (χ3v) is 5.33. The van der Waals surface area contributed by atoms with Crippen molar-refractivity contribution in [1.29, 1.82) is 0 Å². The number of pyridine rings is 1. The SMILES string of the molecule is CN(C)c1cc(Oc2ccc(C(=NCNc3cccc(C(F)(F)F)c3)NN)cc2)c2ccccc2n1. The number of ether oxygens (including phenoxy) is 1. The second-order valence-electron chi connectivity index (χ2n) is 8.08. The van der Waals surface area contributed by atoms with E-state index in [4.69, 9.17) is 10.6 Å². The van der Waals surface area contributed by atoms with Gasteiger partial charge in [0.15, 0.2) is 0 Å². The lowest BCUT2D eigenvalue weighted by Gasteiger charge is -2.16. The molecule has 186 valence electrons. The van der Waals surface area contributed by atoms with Crippen LogP contribution in [-0.2, 0) is 6.18 Å². The van der Waals surface area contributed by atoms with Gasteiger partial charge in [0, 0.05) is 36.8 Å². The summed E-state index contributed by atoms with van der Waals surface area (Å²) < 4.78 is 44.9. The van der Waals surface area contributed by atoms with E-state index in [0.29, 0.717) is 28.6 Å². The van der Waals surface area contributed by atoms with E-state index in [0.717, 1.165) is 28.9 Å². The van der Waals surface area contributed by atoms with Crippen LogP contribution >= 0.6 is 0 Å². The average molecular weight is 495 g/mol. The molecule has 0 saturated heterocycles. The minimum Gasteiger partial charge on any atom is -0.457 e. The van der Waals surface area contributed by atoms with Crippen LogP contribution in [0.3, 0.4) is 0 Å². The van der Waals surface area contributed by atoms with Crippen molar-refractivity contribution < 1.29 is 17.9 Å². The third-order valence-electron chi connectivity index (χ3n) is 5.33. The van der Waals surface area contributed by atoms with Gasteiger partial charge in [-0.25, -0.2) is 15.8 Å². The maximum Gasteiger partial charge on any atom is 0.416 e. The number of hydrazine groups is 1. The fourth-order valence-corrected chi connectivity index (χ4v) is 3.49. The number of aromatic nitrogens is 1. The molecule has 0 saturated carbocycles.